The van der Waals surface area contributed by atoms with Gasteiger partial charge in [-0.2, -0.15) is 0 Å². The lowest BCUT2D eigenvalue weighted by Gasteiger charge is -2.33. The number of carboxylic acid groups (broad SMARTS) is 1. The van der Waals surface area contributed by atoms with Gasteiger partial charge in [0.2, 0.25) is 0 Å². The van der Waals surface area contributed by atoms with Gasteiger partial charge in [0.25, 0.3) is 0 Å². The Morgan fingerprint density at radius 3 is 1.11 bits per heavy atom. The zero-order valence-electron chi connectivity index (χ0n) is 58.8. The molecule has 1 aliphatic carbocycles. The van der Waals surface area contributed by atoms with E-state index in [0.29, 0.717) is 71.6 Å². The normalized spacial score (nSPS) is 19.9. The first-order chi connectivity index (χ1) is 41.7. The Morgan fingerprint density at radius 1 is 0.524 bits per heavy atom. The number of aliphatic hydroxyl groups is 1. The summed E-state index contributed by atoms with van der Waals surface area (Å²) >= 11 is 4.72. The number of piperidine rings is 3. The van der Waals surface area contributed by atoms with E-state index in [-0.39, 0.29) is 94.8 Å². The fourth-order valence-corrected chi connectivity index (χ4v) is 8.33. The van der Waals surface area contributed by atoms with Crippen molar-refractivity contribution in [2.24, 2.45) is 0 Å². The number of likely N-dealkylation sites (tertiary alicyclic amines) is 3. The van der Waals surface area contributed by atoms with Crippen molar-refractivity contribution in [3.8, 4) is 0 Å². The molecule has 496 valence electrons. The molecule has 5 heterocycles. The number of aliphatic carboxylic acids is 1. The first-order valence-corrected chi connectivity index (χ1v) is 30.4. The van der Waals surface area contributed by atoms with E-state index in [1.54, 1.807) is 21.6 Å². The second kappa shape index (κ2) is 48.6. The smallest absolute Gasteiger partial charge is 0.410 e. The molecule has 0 bridgehead atoms. The Bertz CT molecular complexity index is 1840. The van der Waals surface area contributed by atoms with E-state index in [9.17, 15) is 32.8 Å². The molecule has 0 aromatic rings. The Labute approximate surface area is 516 Å². The van der Waals surface area contributed by atoms with Gasteiger partial charge in [-0.15, -0.1) is 0 Å². The van der Waals surface area contributed by atoms with Gasteiger partial charge in [0.1, 0.15) is 16.8 Å². The minimum atomic E-state index is -2.68. The molecule has 2 N–H and O–H groups in total. The summed E-state index contributed by atoms with van der Waals surface area (Å²) in [5.74, 6) is -0.855. The third-order valence-electron chi connectivity index (χ3n) is 12.5. The summed E-state index contributed by atoms with van der Waals surface area (Å²) in [6.07, 6.45) is 11.4. The molecule has 0 radical (unpaired) electrons. The van der Waals surface area contributed by atoms with E-state index in [2.05, 4.69) is 16.7 Å². The number of nitrogens with zero attached hydrogens (tertiary/aromatic N) is 4. The summed E-state index contributed by atoms with van der Waals surface area (Å²) in [6.45, 7) is 21.2. The summed E-state index contributed by atoms with van der Waals surface area (Å²) in [5, 5.41) is 17.5. The largest absolute Gasteiger partial charge is 0.481 e. The summed E-state index contributed by atoms with van der Waals surface area (Å²) in [6, 6.07) is 0. The van der Waals surface area contributed by atoms with Gasteiger partial charge in [-0.3, -0.25) is 13.6 Å². The SMILES string of the molecule is C1CCOC1.CC(C)(C)OC(=O)N1CCC(OCCC(=O)O)CC1.CCOC(=O)Cl.CN1CCOCC1.[2H]C([2H])(F)CCOC1CCCCC1.[2H]C([2H])(F)CCOC1CCN(C(=O)OC(C)(C)C)CC1.[2H]C([2H])(O)CCOC1CCN(C(=O)OC(C)(C)C)CC1. The molecular weight excluding hydrogens is 1120 g/mol. The van der Waals surface area contributed by atoms with Crippen LogP contribution < -0.4 is 0 Å². The Morgan fingerprint density at radius 2 is 0.857 bits per heavy atom. The summed E-state index contributed by atoms with van der Waals surface area (Å²) < 4.78 is 118. The van der Waals surface area contributed by atoms with Gasteiger partial charge >= 0.3 is 29.7 Å². The summed E-state index contributed by atoms with van der Waals surface area (Å²) in [7, 11) is 2.11. The monoisotopic (exact) mass is 1240 g/mol. The number of ether oxygens (including phenoxy) is 10. The lowest BCUT2D eigenvalue weighted by molar-refractivity contribution is -0.138. The zero-order valence-corrected chi connectivity index (χ0v) is 53.5. The van der Waals surface area contributed by atoms with Crippen LogP contribution in [0.15, 0.2) is 0 Å². The summed E-state index contributed by atoms with van der Waals surface area (Å²) in [4.78, 5) is 62.7. The van der Waals surface area contributed by atoms with E-state index in [4.69, 9.17) is 72.7 Å². The van der Waals surface area contributed by atoms with Gasteiger partial charge in [-0.1, -0.05) is 19.3 Å². The maximum Gasteiger partial charge on any atom is 0.410 e. The Kier molecular flexibility index (Phi) is 40.3. The van der Waals surface area contributed by atoms with Crippen LogP contribution in [-0.4, -0.2) is 239 Å². The summed E-state index contributed by atoms with van der Waals surface area (Å²) in [5.41, 5.74) is -2.21. The molecule has 1 saturated carbocycles. The van der Waals surface area contributed by atoms with Crippen molar-refractivity contribution in [3.63, 3.8) is 0 Å². The van der Waals surface area contributed by atoms with Crippen LogP contribution in [0.25, 0.3) is 0 Å². The highest BCUT2D eigenvalue weighted by molar-refractivity contribution is 6.61. The highest BCUT2D eigenvalue weighted by Crippen LogP contribution is 2.22. The fraction of sp³-hybridized carbons (Fsp3) is 0.917. The van der Waals surface area contributed by atoms with Crippen LogP contribution in [0.1, 0.15) is 187 Å². The Balaban J connectivity index is 0.00000108. The molecule has 0 aromatic heterocycles. The predicted octanol–water partition coefficient (Wildman–Crippen LogP) is 11.2. The molecule has 5 saturated heterocycles. The highest BCUT2D eigenvalue weighted by atomic mass is 35.5. The third-order valence-corrected chi connectivity index (χ3v) is 12.6. The molecule has 0 atom stereocenters. The molecule has 84 heavy (non-hydrogen) atoms. The number of likely N-dealkylation sites (N-methyl/N-ethyl adjacent to an activating group) is 1. The van der Waals surface area contributed by atoms with Crippen molar-refractivity contribution >= 4 is 41.3 Å². The standard InChI is InChI=1S/C13H24FNO3.C13H23NO5.C13H25NO4.C9H17FO.C5H11NO.C4H8O.C3H5ClO2/c1-13(2,3)18-12(16)15-8-5-11(6-9-15)17-10-4-7-14;1-13(2,3)19-12(17)14-7-4-10(5-8-14)18-9-6-11(15)16;1-13(2,3)18-12(16)14-7-5-11(6-8-14)17-10-4-9-15;10-7-4-8-11-9-5-2-1-3-6-9;1-6-2-4-7-5-3-6;1-2-4-5-3-1;1-2-6-3(4)5/h11H,4-10H2,1-3H3;10H,4-9H2,1-3H3,(H,15,16);11,15H,4-10H2,1-3H3;9H,1-8H2;2-5H2,1H3;1-4H2;2H2,1H3/i7D2;;9D2;7D2;;;. The van der Waals surface area contributed by atoms with E-state index in [1.807, 2.05) is 62.3 Å². The third kappa shape index (κ3) is 48.7. The minimum absolute atomic E-state index is 0.0102. The zero-order chi connectivity index (χ0) is 68.6. The number of halogens is 3. The number of carbonyl (C=O) groups excluding carboxylic acids is 4. The second-order valence-corrected chi connectivity index (χ2v) is 23.8. The predicted molar refractivity (Wildman–Crippen MR) is 320 cm³/mol. The minimum Gasteiger partial charge on any atom is -0.481 e. The van der Waals surface area contributed by atoms with Crippen LogP contribution in [0.4, 0.5) is 28.0 Å². The molecule has 5 aliphatic heterocycles. The Hall–Kier alpha value is -3.42. The van der Waals surface area contributed by atoms with Crippen LogP contribution >= 0.6 is 11.6 Å². The lowest BCUT2D eigenvalue weighted by Crippen LogP contribution is -2.43. The van der Waals surface area contributed by atoms with Crippen molar-refractivity contribution in [1.29, 1.82) is 0 Å². The van der Waals surface area contributed by atoms with Gasteiger partial charge in [0.05, 0.1) is 78.7 Å². The fourth-order valence-electron chi connectivity index (χ4n) is 8.22. The number of carbonyl (C=O) groups is 5. The van der Waals surface area contributed by atoms with Crippen molar-refractivity contribution in [2.45, 2.75) is 220 Å². The molecule has 3 amide bonds. The number of amides is 3. The number of hydrogen-bond acceptors (Lipinski definition) is 17. The van der Waals surface area contributed by atoms with E-state index >= 15 is 0 Å². The number of alkyl halides is 2. The van der Waals surface area contributed by atoms with Crippen LogP contribution in [-0.2, 0) is 52.2 Å². The molecule has 6 rings (SSSR count). The van der Waals surface area contributed by atoms with Gasteiger partial charge in [-0.25, -0.2) is 19.2 Å². The molecule has 6 fully saturated rings. The molecule has 0 aromatic carbocycles. The number of morpholine rings is 1. The van der Waals surface area contributed by atoms with Crippen molar-refractivity contribution < 1.29 is 98.6 Å². The molecule has 21 nitrogen and oxygen atoms in total. The van der Waals surface area contributed by atoms with Crippen molar-refractivity contribution in [3.05, 3.63) is 0 Å². The van der Waals surface area contributed by atoms with Gasteiger partial charge in [-0.05, 0) is 160 Å². The first-order valence-electron chi connectivity index (χ1n) is 33.0. The maximum atomic E-state index is 12.7. The number of carboxylic acids is 1. The molecule has 6 aliphatic rings. The van der Waals surface area contributed by atoms with E-state index in [0.717, 1.165) is 65.2 Å². The quantitative estimate of drug-likeness (QED) is 0.102. The lowest BCUT2D eigenvalue weighted by atomic mass is 9.98. The van der Waals surface area contributed by atoms with Crippen molar-refractivity contribution in [2.75, 3.05) is 139 Å². The highest BCUT2D eigenvalue weighted by Gasteiger charge is 2.30. The van der Waals surface area contributed by atoms with E-state index in [1.165, 1.54) is 32.1 Å². The maximum absolute atomic E-state index is 12.7. The number of rotatable bonds is 17. The van der Waals surface area contributed by atoms with Crippen LogP contribution in [0, 0.1) is 0 Å². The number of hydrogen-bond donors (Lipinski definition) is 2. The molecule has 24 heteroatoms. The molecule has 0 unspecified atom stereocenters. The second-order valence-electron chi connectivity index (χ2n) is 23.5. The van der Waals surface area contributed by atoms with E-state index < -0.39 is 48.0 Å². The van der Waals surface area contributed by atoms with Crippen LogP contribution in [0.3, 0.4) is 0 Å². The van der Waals surface area contributed by atoms with Gasteiger partial charge in [0.15, 0.2) is 0 Å². The van der Waals surface area contributed by atoms with Crippen LogP contribution in [0.2, 0.25) is 0 Å². The topological polar surface area (TPSA) is 231 Å². The van der Waals surface area contributed by atoms with Gasteiger partial charge < -0.3 is 77.2 Å². The first kappa shape index (κ1) is 69.7. The average molecular weight is 1240 g/mol. The molecule has 0 spiro atoms. The van der Waals surface area contributed by atoms with Crippen LogP contribution in [0.5, 0.6) is 0 Å². The van der Waals surface area contributed by atoms with Gasteiger partial charge in [0, 0.05) is 104 Å². The molecular formula is C60H113ClF2N4O17. The average Bonchev–Trinajstić information content (AvgIpc) is 1.55. The van der Waals surface area contributed by atoms with Crippen molar-refractivity contribution in [1.82, 2.24) is 19.6 Å².